The Labute approximate surface area is 93.3 Å². The van der Waals surface area contributed by atoms with Crippen LogP contribution in [0.3, 0.4) is 0 Å². The van der Waals surface area contributed by atoms with E-state index in [4.69, 9.17) is 0 Å². The highest BCUT2D eigenvalue weighted by atomic mass is 14.1. The summed E-state index contributed by atoms with van der Waals surface area (Å²) in [6.45, 7) is 9.90. The van der Waals surface area contributed by atoms with Gasteiger partial charge in [-0.3, -0.25) is 0 Å². The van der Waals surface area contributed by atoms with Crippen LogP contribution in [0.2, 0.25) is 0 Å². The van der Waals surface area contributed by atoms with Gasteiger partial charge in [-0.05, 0) is 30.4 Å². The molecule has 0 heterocycles. The first-order valence-corrected chi connectivity index (χ1v) is 5.65. The molecule has 0 bridgehead atoms. The van der Waals surface area contributed by atoms with Gasteiger partial charge in [-0.25, -0.2) is 0 Å². The minimum Gasteiger partial charge on any atom is -0.0988 e. The van der Waals surface area contributed by atoms with Crippen molar-refractivity contribution in [1.29, 1.82) is 0 Å². The Kier molecular flexibility index (Phi) is 4.89. The maximum absolute atomic E-state index is 3.95. The lowest BCUT2D eigenvalue weighted by Crippen LogP contribution is -1.94. The van der Waals surface area contributed by atoms with Crippen LogP contribution >= 0.6 is 0 Å². The van der Waals surface area contributed by atoms with Crippen molar-refractivity contribution in [3.05, 3.63) is 60.2 Å². The van der Waals surface area contributed by atoms with Crippen molar-refractivity contribution in [1.82, 2.24) is 0 Å². The lowest BCUT2D eigenvalue weighted by molar-refractivity contribution is 0.877. The van der Waals surface area contributed by atoms with Crippen LogP contribution in [0.15, 0.2) is 49.1 Å². The summed E-state index contributed by atoms with van der Waals surface area (Å²) in [5.41, 5.74) is 4.07. The van der Waals surface area contributed by atoms with Gasteiger partial charge >= 0.3 is 0 Å². The molecule has 0 heteroatoms. The standard InChI is InChI=1S/C15H20/c1-4-8-14-9-6-7-10-15(14)12-11-13(3)5-2/h5-7,9-10H,2-4,8,11-12H2,1H3. The summed E-state index contributed by atoms with van der Waals surface area (Å²) in [5.74, 6) is 0. The molecule has 0 spiro atoms. The fourth-order valence-electron chi connectivity index (χ4n) is 1.71. The molecule has 0 nitrogen and oxygen atoms in total. The fourth-order valence-corrected chi connectivity index (χ4v) is 1.71. The molecule has 0 fully saturated rings. The van der Waals surface area contributed by atoms with E-state index < -0.39 is 0 Å². The van der Waals surface area contributed by atoms with E-state index >= 15 is 0 Å². The number of aryl methyl sites for hydroxylation is 2. The van der Waals surface area contributed by atoms with Crippen LogP contribution in [0.1, 0.15) is 30.9 Å². The summed E-state index contributed by atoms with van der Waals surface area (Å²) in [5, 5.41) is 0. The van der Waals surface area contributed by atoms with Gasteiger partial charge in [0.1, 0.15) is 0 Å². The molecule has 0 atom stereocenters. The number of hydrogen-bond acceptors (Lipinski definition) is 0. The van der Waals surface area contributed by atoms with Crippen molar-refractivity contribution in [2.75, 3.05) is 0 Å². The van der Waals surface area contributed by atoms with Gasteiger partial charge in [0, 0.05) is 0 Å². The highest BCUT2D eigenvalue weighted by molar-refractivity contribution is 5.28. The fraction of sp³-hybridized carbons (Fsp3) is 0.333. The molecule has 0 radical (unpaired) electrons. The van der Waals surface area contributed by atoms with E-state index in [9.17, 15) is 0 Å². The Morgan fingerprint density at radius 3 is 2.33 bits per heavy atom. The van der Waals surface area contributed by atoms with Crippen LogP contribution in [-0.2, 0) is 12.8 Å². The molecule has 0 amide bonds. The molecule has 1 rings (SSSR count). The smallest absolute Gasteiger partial charge is 0.0236 e. The van der Waals surface area contributed by atoms with Gasteiger partial charge in [-0.1, -0.05) is 62.4 Å². The molecule has 1 aromatic carbocycles. The highest BCUT2D eigenvalue weighted by Crippen LogP contribution is 2.15. The molecule has 0 N–H and O–H groups in total. The lowest BCUT2D eigenvalue weighted by atomic mass is 9.98. The second-order valence-corrected chi connectivity index (χ2v) is 3.88. The normalized spacial score (nSPS) is 9.93. The van der Waals surface area contributed by atoms with Gasteiger partial charge in [0.2, 0.25) is 0 Å². The van der Waals surface area contributed by atoms with E-state index in [1.807, 2.05) is 6.08 Å². The summed E-state index contributed by atoms with van der Waals surface area (Å²) < 4.78 is 0. The molecule has 0 saturated carbocycles. The first-order chi connectivity index (χ1) is 7.27. The predicted octanol–water partition coefficient (Wildman–Crippen LogP) is 4.31. The average molecular weight is 200 g/mol. The number of hydrogen-bond donors (Lipinski definition) is 0. The van der Waals surface area contributed by atoms with Gasteiger partial charge in [-0.15, -0.1) is 0 Å². The number of allylic oxidation sites excluding steroid dienone is 2. The van der Waals surface area contributed by atoms with Gasteiger partial charge in [-0.2, -0.15) is 0 Å². The van der Waals surface area contributed by atoms with Gasteiger partial charge in [0.05, 0.1) is 0 Å². The third-order valence-corrected chi connectivity index (χ3v) is 2.64. The van der Waals surface area contributed by atoms with Crippen LogP contribution in [-0.4, -0.2) is 0 Å². The van der Waals surface area contributed by atoms with Crippen molar-refractivity contribution >= 4 is 0 Å². The minimum absolute atomic E-state index is 1.02. The van der Waals surface area contributed by atoms with Crippen molar-refractivity contribution < 1.29 is 0 Å². The molecule has 0 aromatic heterocycles. The van der Waals surface area contributed by atoms with Crippen molar-refractivity contribution in [3.63, 3.8) is 0 Å². The Balaban J connectivity index is 2.66. The summed E-state index contributed by atoms with van der Waals surface area (Å²) in [4.78, 5) is 0. The summed E-state index contributed by atoms with van der Waals surface area (Å²) >= 11 is 0. The Bertz CT molecular complexity index is 334. The summed E-state index contributed by atoms with van der Waals surface area (Å²) in [6.07, 6.45) is 6.34. The molecule has 80 valence electrons. The maximum Gasteiger partial charge on any atom is -0.0236 e. The zero-order valence-corrected chi connectivity index (χ0v) is 9.63. The molecule has 0 saturated heterocycles. The van der Waals surface area contributed by atoms with Gasteiger partial charge < -0.3 is 0 Å². The first kappa shape index (κ1) is 11.8. The van der Waals surface area contributed by atoms with Crippen LogP contribution < -0.4 is 0 Å². The van der Waals surface area contributed by atoms with Crippen LogP contribution in [0, 0.1) is 0 Å². The third-order valence-electron chi connectivity index (χ3n) is 2.64. The highest BCUT2D eigenvalue weighted by Gasteiger charge is 2.00. The van der Waals surface area contributed by atoms with Crippen molar-refractivity contribution in [2.24, 2.45) is 0 Å². The van der Waals surface area contributed by atoms with E-state index in [0.717, 1.165) is 18.4 Å². The topological polar surface area (TPSA) is 0 Å². The molecular weight excluding hydrogens is 180 g/mol. The molecule has 0 aliphatic heterocycles. The Morgan fingerprint density at radius 2 is 1.80 bits per heavy atom. The maximum atomic E-state index is 3.95. The minimum atomic E-state index is 1.02. The molecule has 15 heavy (non-hydrogen) atoms. The van der Waals surface area contributed by atoms with Crippen LogP contribution in [0.25, 0.3) is 0 Å². The molecule has 1 aromatic rings. The van der Waals surface area contributed by atoms with Crippen LogP contribution in [0.4, 0.5) is 0 Å². The second kappa shape index (κ2) is 6.23. The van der Waals surface area contributed by atoms with Crippen molar-refractivity contribution in [3.8, 4) is 0 Å². The molecule has 0 aliphatic rings. The largest absolute Gasteiger partial charge is 0.0988 e. The third kappa shape index (κ3) is 3.75. The van der Waals surface area contributed by atoms with E-state index in [1.54, 1.807) is 0 Å². The molecule has 0 unspecified atom stereocenters. The molecule has 0 aliphatic carbocycles. The Hall–Kier alpha value is -1.30. The monoisotopic (exact) mass is 200 g/mol. The number of benzene rings is 1. The van der Waals surface area contributed by atoms with Gasteiger partial charge in [0.15, 0.2) is 0 Å². The van der Waals surface area contributed by atoms with E-state index in [1.165, 1.54) is 24.0 Å². The quantitative estimate of drug-likeness (QED) is 0.600. The Morgan fingerprint density at radius 1 is 1.20 bits per heavy atom. The predicted molar refractivity (Wildman–Crippen MR) is 68.1 cm³/mol. The molecular formula is C15H20. The van der Waals surface area contributed by atoms with Crippen LogP contribution in [0.5, 0.6) is 0 Å². The SMILES string of the molecule is C=CC(=C)CCc1ccccc1CCC. The van der Waals surface area contributed by atoms with E-state index in [-0.39, 0.29) is 0 Å². The van der Waals surface area contributed by atoms with Crippen molar-refractivity contribution in [2.45, 2.75) is 32.6 Å². The van der Waals surface area contributed by atoms with E-state index in [2.05, 4.69) is 44.3 Å². The van der Waals surface area contributed by atoms with Gasteiger partial charge in [0.25, 0.3) is 0 Å². The lowest BCUT2D eigenvalue weighted by Gasteiger charge is -2.08. The zero-order chi connectivity index (χ0) is 11.1. The second-order valence-electron chi connectivity index (χ2n) is 3.88. The average Bonchev–Trinajstić information content (AvgIpc) is 2.28. The first-order valence-electron chi connectivity index (χ1n) is 5.65. The summed E-state index contributed by atoms with van der Waals surface area (Å²) in [6, 6.07) is 8.69. The number of rotatable bonds is 6. The van der Waals surface area contributed by atoms with E-state index in [0.29, 0.717) is 0 Å². The zero-order valence-electron chi connectivity index (χ0n) is 9.63. The summed E-state index contributed by atoms with van der Waals surface area (Å²) in [7, 11) is 0.